The average molecular weight is 219 g/mol. The molecule has 2 heteroatoms. The van der Waals surface area contributed by atoms with Gasteiger partial charge < -0.3 is 10.5 Å². The van der Waals surface area contributed by atoms with Gasteiger partial charge in [0.1, 0.15) is 0 Å². The van der Waals surface area contributed by atoms with Gasteiger partial charge in [-0.25, -0.2) is 0 Å². The molecule has 0 bridgehead atoms. The van der Waals surface area contributed by atoms with Crippen LogP contribution in [-0.2, 0) is 4.74 Å². The molecule has 0 radical (unpaired) electrons. The molecule has 88 valence electrons. The van der Waals surface area contributed by atoms with Gasteiger partial charge in [-0.1, -0.05) is 30.7 Å². The largest absolute Gasteiger partial charge is 0.380 e. The minimum Gasteiger partial charge on any atom is -0.380 e. The smallest absolute Gasteiger partial charge is 0.0659 e. The molecule has 0 heterocycles. The fraction of sp³-hybridized carbons (Fsp3) is 0.571. The first kappa shape index (κ1) is 11.6. The Morgan fingerprint density at radius 3 is 2.88 bits per heavy atom. The van der Waals surface area contributed by atoms with E-state index in [-0.39, 0.29) is 6.04 Å². The molecule has 0 amide bonds. The summed E-state index contributed by atoms with van der Waals surface area (Å²) < 4.78 is 5.37. The molecule has 1 aromatic carbocycles. The molecular formula is C14H21NO. The summed E-state index contributed by atoms with van der Waals surface area (Å²) in [5.74, 6) is 0.777. The van der Waals surface area contributed by atoms with Crippen LogP contribution in [0.1, 0.15) is 49.3 Å². The Morgan fingerprint density at radius 2 is 2.25 bits per heavy atom. The third kappa shape index (κ3) is 2.63. The molecule has 1 saturated carbocycles. The Morgan fingerprint density at radius 1 is 1.44 bits per heavy atom. The van der Waals surface area contributed by atoms with Crippen molar-refractivity contribution in [1.29, 1.82) is 0 Å². The van der Waals surface area contributed by atoms with Crippen molar-refractivity contribution in [3.05, 3.63) is 35.4 Å². The van der Waals surface area contributed by atoms with E-state index in [4.69, 9.17) is 10.5 Å². The predicted molar refractivity (Wildman–Crippen MR) is 66.5 cm³/mol. The maximum Gasteiger partial charge on any atom is 0.0659 e. The lowest BCUT2D eigenvalue weighted by atomic mass is 9.79. The van der Waals surface area contributed by atoms with Crippen molar-refractivity contribution in [3.63, 3.8) is 0 Å². The first-order valence-electron chi connectivity index (χ1n) is 6.24. The highest BCUT2D eigenvalue weighted by Crippen LogP contribution is 2.36. The van der Waals surface area contributed by atoms with Crippen LogP contribution < -0.4 is 5.73 Å². The molecule has 1 aliphatic carbocycles. The number of ether oxygens (including phenoxy) is 1. The van der Waals surface area contributed by atoms with Gasteiger partial charge in [-0.3, -0.25) is 0 Å². The number of hydrogen-bond donors (Lipinski definition) is 1. The van der Waals surface area contributed by atoms with Crippen molar-refractivity contribution in [2.45, 2.75) is 38.1 Å². The minimum atomic E-state index is 0.0139. The highest BCUT2D eigenvalue weighted by molar-refractivity contribution is 5.29. The van der Waals surface area contributed by atoms with E-state index in [1.54, 1.807) is 0 Å². The summed E-state index contributed by atoms with van der Waals surface area (Å²) in [5.41, 5.74) is 8.75. The lowest BCUT2D eigenvalue weighted by Gasteiger charge is -2.26. The average Bonchev–Trinajstić information content (AvgIpc) is 2.24. The Labute approximate surface area is 97.8 Å². The summed E-state index contributed by atoms with van der Waals surface area (Å²) in [5, 5.41) is 0. The minimum absolute atomic E-state index is 0.0139. The second-order valence-corrected chi connectivity index (χ2v) is 4.56. The fourth-order valence-electron chi connectivity index (χ4n) is 2.13. The van der Waals surface area contributed by atoms with Gasteiger partial charge in [0, 0.05) is 6.61 Å². The summed E-state index contributed by atoms with van der Waals surface area (Å²) in [6.07, 6.45) is 4.05. The van der Waals surface area contributed by atoms with Crippen molar-refractivity contribution < 1.29 is 4.74 Å². The maximum absolute atomic E-state index is 6.08. The molecule has 0 aliphatic heterocycles. The van der Waals surface area contributed by atoms with Crippen molar-refractivity contribution in [2.75, 3.05) is 13.2 Å². The van der Waals surface area contributed by atoms with Crippen LogP contribution in [0.2, 0.25) is 0 Å². The highest BCUT2D eigenvalue weighted by atomic mass is 16.5. The lowest BCUT2D eigenvalue weighted by Crippen LogP contribution is -2.18. The Hall–Kier alpha value is -0.860. The quantitative estimate of drug-likeness (QED) is 0.826. The topological polar surface area (TPSA) is 35.2 Å². The number of nitrogens with two attached hydrogens (primary N) is 1. The molecule has 1 unspecified atom stereocenters. The first-order chi connectivity index (χ1) is 7.81. The van der Waals surface area contributed by atoms with Crippen molar-refractivity contribution in [2.24, 2.45) is 5.73 Å². The Bertz CT molecular complexity index is 333. The zero-order valence-corrected chi connectivity index (χ0v) is 9.99. The zero-order chi connectivity index (χ0) is 11.4. The van der Waals surface area contributed by atoms with Crippen LogP contribution in [0, 0.1) is 0 Å². The van der Waals surface area contributed by atoms with Crippen LogP contribution in [0.15, 0.2) is 24.3 Å². The molecule has 16 heavy (non-hydrogen) atoms. The Kier molecular flexibility index (Phi) is 3.97. The van der Waals surface area contributed by atoms with Crippen LogP contribution in [0.3, 0.4) is 0 Å². The van der Waals surface area contributed by atoms with Gasteiger partial charge in [0.25, 0.3) is 0 Å². The molecule has 2 rings (SSSR count). The van der Waals surface area contributed by atoms with E-state index < -0.39 is 0 Å². The third-order valence-corrected chi connectivity index (χ3v) is 3.42. The molecule has 1 atom stereocenters. The van der Waals surface area contributed by atoms with Crippen molar-refractivity contribution >= 4 is 0 Å². The van der Waals surface area contributed by atoms with Gasteiger partial charge in [0.15, 0.2) is 0 Å². The molecule has 1 aliphatic rings. The molecule has 2 nitrogen and oxygen atoms in total. The van der Waals surface area contributed by atoms with E-state index in [9.17, 15) is 0 Å². The summed E-state index contributed by atoms with van der Waals surface area (Å²) in [6.45, 7) is 3.35. The second-order valence-electron chi connectivity index (χ2n) is 4.56. The molecule has 2 N–H and O–H groups in total. The highest BCUT2D eigenvalue weighted by Gasteiger charge is 2.20. The molecule has 0 spiro atoms. The summed E-state index contributed by atoms with van der Waals surface area (Å²) in [6, 6.07) is 8.72. The lowest BCUT2D eigenvalue weighted by molar-refractivity contribution is 0.133. The molecule has 1 aromatic rings. The summed E-state index contributed by atoms with van der Waals surface area (Å²) in [4.78, 5) is 0. The van der Waals surface area contributed by atoms with E-state index in [0.29, 0.717) is 6.61 Å². The van der Waals surface area contributed by atoms with Crippen LogP contribution in [0.5, 0.6) is 0 Å². The van der Waals surface area contributed by atoms with Crippen molar-refractivity contribution in [3.8, 4) is 0 Å². The SMILES string of the molecule is CCOCC(N)c1cccc(C2CCC2)c1. The summed E-state index contributed by atoms with van der Waals surface area (Å²) in [7, 11) is 0. The third-order valence-electron chi connectivity index (χ3n) is 3.42. The normalized spacial score (nSPS) is 18.1. The molecular weight excluding hydrogens is 198 g/mol. The van der Waals surface area contributed by atoms with Crippen LogP contribution in [-0.4, -0.2) is 13.2 Å². The first-order valence-corrected chi connectivity index (χ1v) is 6.24. The zero-order valence-electron chi connectivity index (χ0n) is 9.99. The van der Waals surface area contributed by atoms with Gasteiger partial charge in [-0.15, -0.1) is 0 Å². The van der Waals surface area contributed by atoms with Gasteiger partial charge in [-0.05, 0) is 36.8 Å². The fourth-order valence-corrected chi connectivity index (χ4v) is 2.13. The summed E-state index contributed by atoms with van der Waals surface area (Å²) >= 11 is 0. The second kappa shape index (κ2) is 5.46. The molecule has 0 saturated heterocycles. The monoisotopic (exact) mass is 219 g/mol. The maximum atomic E-state index is 6.08. The number of rotatable bonds is 5. The molecule has 1 fully saturated rings. The van der Waals surface area contributed by atoms with Crippen molar-refractivity contribution in [1.82, 2.24) is 0 Å². The van der Waals surface area contributed by atoms with E-state index in [0.717, 1.165) is 12.5 Å². The van der Waals surface area contributed by atoms with E-state index in [1.807, 2.05) is 6.92 Å². The predicted octanol–water partition coefficient (Wildman–Crippen LogP) is 2.99. The van der Waals surface area contributed by atoms with Gasteiger partial charge in [0.05, 0.1) is 12.6 Å². The van der Waals surface area contributed by atoms with Gasteiger partial charge >= 0.3 is 0 Å². The van der Waals surface area contributed by atoms with Crippen LogP contribution >= 0.6 is 0 Å². The molecule has 0 aromatic heterocycles. The standard InChI is InChI=1S/C14H21NO/c1-2-16-10-14(15)13-8-4-7-12(9-13)11-5-3-6-11/h4,7-9,11,14H,2-3,5-6,10,15H2,1H3. The van der Waals surface area contributed by atoms with Gasteiger partial charge in [-0.2, -0.15) is 0 Å². The Balaban J connectivity index is 2.02. The van der Waals surface area contributed by atoms with E-state index in [2.05, 4.69) is 24.3 Å². The van der Waals surface area contributed by atoms with E-state index >= 15 is 0 Å². The van der Waals surface area contributed by atoms with Crippen LogP contribution in [0.4, 0.5) is 0 Å². The number of hydrogen-bond acceptors (Lipinski definition) is 2. The van der Waals surface area contributed by atoms with E-state index in [1.165, 1.54) is 30.4 Å². The van der Waals surface area contributed by atoms with Gasteiger partial charge in [0.2, 0.25) is 0 Å². The number of benzene rings is 1. The van der Waals surface area contributed by atoms with Crippen LogP contribution in [0.25, 0.3) is 0 Å².